The summed E-state index contributed by atoms with van der Waals surface area (Å²) in [4.78, 5) is 21.3. The van der Waals surface area contributed by atoms with Crippen molar-refractivity contribution in [1.82, 2.24) is 5.43 Å². The topological polar surface area (TPSA) is 118 Å². The molecule has 0 fully saturated rings. The predicted molar refractivity (Wildman–Crippen MR) is 66.6 cm³/mol. The standard InChI is InChI=1S/C11H15N3O5/c1-2-8(5-6-15)11(16)13-12-7-9-3-4-10(19-9)14(17)18/h3-4,7-8,15H,2,5-6H2,1H3,(H,13,16)/b12-7+. The molecule has 1 atom stereocenters. The summed E-state index contributed by atoms with van der Waals surface area (Å²) >= 11 is 0. The quantitative estimate of drug-likeness (QED) is 0.435. The number of hydrogen-bond donors (Lipinski definition) is 2. The average molecular weight is 269 g/mol. The first-order valence-electron chi connectivity index (χ1n) is 5.76. The second kappa shape index (κ2) is 7.27. The Hall–Kier alpha value is -2.22. The van der Waals surface area contributed by atoms with Gasteiger partial charge in [-0.2, -0.15) is 5.10 Å². The minimum Gasteiger partial charge on any atom is -0.400 e. The van der Waals surface area contributed by atoms with Crippen LogP contribution in [0.25, 0.3) is 0 Å². The first-order chi connectivity index (χ1) is 9.08. The van der Waals surface area contributed by atoms with Gasteiger partial charge in [-0.1, -0.05) is 6.92 Å². The second-order valence-electron chi connectivity index (χ2n) is 3.78. The third kappa shape index (κ3) is 4.51. The first-order valence-corrected chi connectivity index (χ1v) is 5.76. The van der Waals surface area contributed by atoms with Gasteiger partial charge in [0.05, 0.1) is 12.3 Å². The maximum absolute atomic E-state index is 11.6. The molecule has 0 aliphatic heterocycles. The van der Waals surface area contributed by atoms with Crippen molar-refractivity contribution in [1.29, 1.82) is 0 Å². The summed E-state index contributed by atoms with van der Waals surface area (Å²) in [6.07, 6.45) is 2.13. The minimum atomic E-state index is -0.662. The molecule has 1 amide bonds. The van der Waals surface area contributed by atoms with Crippen molar-refractivity contribution in [3.63, 3.8) is 0 Å². The van der Waals surface area contributed by atoms with Crippen molar-refractivity contribution >= 4 is 18.0 Å². The fourth-order valence-electron chi connectivity index (χ4n) is 1.44. The van der Waals surface area contributed by atoms with Crippen molar-refractivity contribution in [3.05, 3.63) is 28.0 Å². The lowest BCUT2D eigenvalue weighted by molar-refractivity contribution is -0.402. The molecule has 1 aromatic heterocycles. The number of carbonyl (C=O) groups is 1. The zero-order valence-electron chi connectivity index (χ0n) is 10.4. The highest BCUT2D eigenvalue weighted by molar-refractivity contribution is 5.81. The van der Waals surface area contributed by atoms with Crippen molar-refractivity contribution in [2.45, 2.75) is 19.8 Å². The van der Waals surface area contributed by atoms with Gasteiger partial charge in [0.15, 0.2) is 5.76 Å². The van der Waals surface area contributed by atoms with Gasteiger partial charge >= 0.3 is 5.88 Å². The van der Waals surface area contributed by atoms with Gasteiger partial charge in [0.25, 0.3) is 0 Å². The van der Waals surface area contributed by atoms with E-state index in [0.717, 1.165) is 0 Å². The van der Waals surface area contributed by atoms with Crippen LogP contribution in [0.15, 0.2) is 21.7 Å². The van der Waals surface area contributed by atoms with E-state index < -0.39 is 4.92 Å². The van der Waals surface area contributed by atoms with Gasteiger partial charge in [0, 0.05) is 12.5 Å². The molecule has 0 aromatic carbocycles. The van der Waals surface area contributed by atoms with E-state index in [2.05, 4.69) is 10.5 Å². The zero-order valence-corrected chi connectivity index (χ0v) is 10.4. The number of rotatable bonds is 7. The zero-order chi connectivity index (χ0) is 14.3. The van der Waals surface area contributed by atoms with E-state index in [0.29, 0.717) is 12.8 Å². The molecule has 1 aromatic rings. The van der Waals surface area contributed by atoms with Crippen LogP contribution in [0.3, 0.4) is 0 Å². The van der Waals surface area contributed by atoms with Crippen LogP contribution in [-0.4, -0.2) is 28.8 Å². The number of nitro groups is 1. The molecule has 0 radical (unpaired) electrons. The molecule has 0 aliphatic rings. The van der Waals surface area contributed by atoms with Crippen LogP contribution in [0.4, 0.5) is 5.88 Å². The van der Waals surface area contributed by atoms with Gasteiger partial charge < -0.3 is 9.52 Å². The fraction of sp³-hybridized carbons (Fsp3) is 0.455. The molecule has 0 aliphatic carbocycles. The Morgan fingerprint density at radius 1 is 1.68 bits per heavy atom. The normalized spacial score (nSPS) is 12.5. The van der Waals surface area contributed by atoms with E-state index in [1.54, 1.807) is 0 Å². The number of aliphatic hydroxyl groups excluding tert-OH is 1. The highest BCUT2D eigenvalue weighted by Gasteiger charge is 2.15. The average Bonchev–Trinajstić information content (AvgIpc) is 2.84. The van der Waals surface area contributed by atoms with Crippen molar-refractivity contribution in [2.24, 2.45) is 11.0 Å². The molecule has 19 heavy (non-hydrogen) atoms. The Morgan fingerprint density at radius 3 is 2.95 bits per heavy atom. The molecule has 0 saturated heterocycles. The summed E-state index contributed by atoms with van der Waals surface area (Å²) in [5.74, 6) is -0.844. The molecule has 104 valence electrons. The van der Waals surface area contributed by atoms with Crippen LogP contribution in [0, 0.1) is 16.0 Å². The van der Waals surface area contributed by atoms with Gasteiger partial charge in [-0.3, -0.25) is 14.9 Å². The molecule has 2 N–H and O–H groups in total. The fourth-order valence-corrected chi connectivity index (χ4v) is 1.44. The molecule has 0 saturated carbocycles. The summed E-state index contributed by atoms with van der Waals surface area (Å²) in [6.45, 7) is 1.76. The molecule has 8 nitrogen and oxygen atoms in total. The Labute approximate surface area is 109 Å². The summed E-state index contributed by atoms with van der Waals surface area (Å²) in [7, 11) is 0. The van der Waals surface area contributed by atoms with E-state index >= 15 is 0 Å². The number of carbonyl (C=O) groups excluding carboxylic acids is 1. The van der Waals surface area contributed by atoms with Gasteiger partial charge in [-0.15, -0.1) is 0 Å². The van der Waals surface area contributed by atoms with Crippen LogP contribution >= 0.6 is 0 Å². The van der Waals surface area contributed by atoms with Gasteiger partial charge in [0.1, 0.15) is 4.92 Å². The highest BCUT2D eigenvalue weighted by Crippen LogP contribution is 2.13. The molecule has 8 heteroatoms. The number of nitrogens with zero attached hydrogens (tertiary/aromatic N) is 2. The Morgan fingerprint density at radius 2 is 2.42 bits per heavy atom. The number of furan rings is 1. The summed E-state index contributed by atoms with van der Waals surface area (Å²) in [6, 6.07) is 2.57. The number of nitrogens with one attached hydrogen (secondary N) is 1. The van der Waals surface area contributed by atoms with Gasteiger partial charge in [0.2, 0.25) is 5.91 Å². The van der Waals surface area contributed by atoms with Crippen molar-refractivity contribution in [2.75, 3.05) is 6.61 Å². The van der Waals surface area contributed by atoms with Gasteiger partial charge in [-0.25, -0.2) is 5.43 Å². The molecule has 0 spiro atoms. The number of amides is 1. The maximum atomic E-state index is 11.6. The summed E-state index contributed by atoms with van der Waals surface area (Å²) in [5.41, 5.74) is 2.29. The van der Waals surface area contributed by atoms with E-state index in [4.69, 9.17) is 9.52 Å². The minimum absolute atomic E-state index is 0.0694. The Balaban J connectivity index is 2.52. The van der Waals surface area contributed by atoms with E-state index in [9.17, 15) is 14.9 Å². The van der Waals surface area contributed by atoms with Crippen molar-refractivity contribution < 1.29 is 19.2 Å². The monoisotopic (exact) mass is 269 g/mol. The number of hydrogen-bond acceptors (Lipinski definition) is 6. The van der Waals surface area contributed by atoms with Crippen LogP contribution in [0.1, 0.15) is 25.5 Å². The maximum Gasteiger partial charge on any atom is 0.433 e. The number of aliphatic hydroxyl groups is 1. The molecule has 1 unspecified atom stereocenters. The van der Waals surface area contributed by atoms with Crippen LogP contribution in [0.2, 0.25) is 0 Å². The lowest BCUT2D eigenvalue weighted by atomic mass is 10.0. The van der Waals surface area contributed by atoms with Crippen molar-refractivity contribution in [3.8, 4) is 0 Å². The van der Waals surface area contributed by atoms with E-state index in [1.165, 1.54) is 18.3 Å². The van der Waals surface area contributed by atoms with Gasteiger partial charge in [-0.05, 0) is 18.9 Å². The van der Waals surface area contributed by atoms with Crippen LogP contribution in [-0.2, 0) is 4.79 Å². The Bertz CT molecular complexity index is 469. The molecular weight excluding hydrogens is 254 g/mol. The largest absolute Gasteiger partial charge is 0.433 e. The molecule has 1 rings (SSSR count). The second-order valence-corrected chi connectivity index (χ2v) is 3.78. The molecular formula is C11H15N3O5. The molecule has 0 bridgehead atoms. The third-order valence-corrected chi connectivity index (χ3v) is 2.50. The highest BCUT2D eigenvalue weighted by atomic mass is 16.6. The lowest BCUT2D eigenvalue weighted by Crippen LogP contribution is -2.27. The smallest absolute Gasteiger partial charge is 0.400 e. The lowest BCUT2D eigenvalue weighted by Gasteiger charge is -2.10. The first kappa shape index (κ1) is 14.8. The summed E-state index contributed by atoms with van der Waals surface area (Å²) in [5, 5.41) is 22.8. The van der Waals surface area contributed by atoms with Crippen LogP contribution < -0.4 is 5.43 Å². The van der Waals surface area contributed by atoms with E-state index in [-0.39, 0.29) is 30.1 Å². The number of hydrazone groups is 1. The molecule has 1 heterocycles. The summed E-state index contributed by atoms with van der Waals surface area (Å²) < 4.78 is 4.82. The van der Waals surface area contributed by atoms with Crippen LogP contribution in [0.5, 0.6) is 0 Å². The SMILES string of the molecule is CCC(CCO)C(=O)N/N=C/c1ccc([N+](=O)[O-])o1. The third-order valence-electron chi connectivity index (χ3n) is 2.50. The predicted octanol–water partition coefficient (Wildman–Crippen LogP) is 1.05. The van der Waals surface area contributed by atoms with E-state index in [1.807, 2.05) is 6.92 Å². The Kier molecular flexibility index (Phi) is 5.68.